The highest BCUT2D eigenvalue weighted by molar-refractivity contribution is 5.81. The van der Waals surface area contributed by atoms with Gasteiger partial charge in [-0.25, -0.2) is 0 Å². The van der Waals surface area contributed by atoms with E-state index in [-0.39, 0.29) is 11.9 Å². The van der Waals surface area contributed by atoms with E-state index in [1.807, 2.05) is 6.92 Å². The first-order valence-electron chi connectivity index (χ1n) is 7.94. The Morgan fingerprint density at radius 2 is 1.76 bits per heavy atom. The lowest BCUT2D eigenvalue weighted by molar-refractivity contribution is -0.122. The quantitative estimate of drug-likeness (QED) is 0.840. The van der Waals surface area contributed by atoms with E-state index in [1.165, 1.54) is 37.9 Å². The summed E-state index contributed by atoms with van der Waals surface area (Å²) in [6.07, 6.45) is 4.03. The second-order valence-electron chi connectivity index (χ2n) is 5.88. The first-order chi connectivity index (χ1) is 10.2. The molecule has 2 rings (SSSR count). The molecule has 0 saturated carbocycles. The van der Waals surface area contributed by atoms with Crippen molar-refractivity contribution in [3.63, 3.8) is 0 Å². The number of hydrogen-bond donors (Lipinski definition) is 2. The number of likely N-dealkylation sites (tertiary alicyclic amines) is 1. The summed E-state index contributed by atoms with van der Waals surface area (Å²) in [6, 6.07) is 8.44. The van der Waals surface area contributed by atoms with Crippen LogP contribution < -0.4 is 10.6 Å². The molecule has 0 radical (unpaired) electrons. The number of rotatable bonds is 6. The number of carbonyl (C=O) groups excluding carboxylic acids is 1. The molecule has 1 atom stereocenters. The molecule has 1 aromatic carbocycles. The van der Waals surface area contributed by atoms with Crippen LogP contribution in [0.1, 0.15) is 37.3 Å². The van der Waals surface area contributed by atoms with Gasteiger partial charge in [-0.3, -0.25) is 9.69 Å². The SMILES string of the molecule is CNC(C)C(=O)NCc1ccc(CN2CCCCC2)cc1. The largest absolute Gasteiger partial charge is 0.351 e. The lowest BCUT2D eigenvalue weighted by atomic mass is 10.1. The predicted octanol–water partition coefficient (Wildman–Crippen LogP) is 1.90. The van der Waals surface area contributed by atoms with Crippen molar-refractivity contribution in [3.8, 4) is 0 Å². The highest BCUT2D eigenvalue weighted by Gasteiger charge is 2.11. The van der Waals surface area contributed by atoms with Crippen molar-refractivity contribution < 1.29 is 4.79 Å². The van der Waals surface area contributed by atoms with E-state index in [9.17, 15) is 4.79 Å². The maximum Gasteiger partial charge on any atom is 0.237 e. The van der Waals surface area contributed by atoms with E-state index < -0.39 is 0 Å². The maximum atomic E-state index is 11.7. The molecule has 4 nitrogen and oxygen atoms in total. The third-order valence-corrected chi connectivity index (χ3v) is 4.17. The van der Waals surface area contributed by atoms with Gasteiger partial charge in [0, 0.05) is 13.1 Å². The van der Waals surface area contributed by atoms with Crippen molar-refractivity contribution in [1.82, 2.24) is 15.5 Å². The minimum Gasteiger partial charge on any atom is -0.351 e. The minimum absolute atomic E-state index is 0.0369. The van der Waals surface area contributed by atoms with Gasteiger partial charge in [0.25, 0.3) is 0 Å². The van der Waals surface area contributed by atoms with Crippen molar-refractivity contribution >= 4 is 5.91 Å². The molecule has 0 bridgehead atoms. The zero-order valence-electron chi connectivity index (χ0n) is 13.2. The highest BCUT2D eigenvalue weighted by atomic mass is 16.2. The number of likely N-dealkylation sites (N-methyl/N-ethyl adjacent to an activating group) is 1. The molecule has 1 heterocycles. The molecule has 1 saturated heterocycles. The van der Waals surface area contributed by atoms with Crippen LogP contribution in [-0.4, -0.2) is 37.0 Å². The third kappa shape index (κ3) is 5.14. The lowest BCUT2D eigenvalue weighted by Crippen LogP contribution is -2.39. The smallest absolute Gasteiger partial charge is 0.237 e. The van der Waals surface area contributed by atoms with Crippen LogP contribution in [0.5, 0.6) is 0 Å². The summed E-state index contributed by atoms with van der Waals surface area (Å²) in [6.45, 7) is 5.94. The molecule has 21 heavy (non-hydrogen) atoms. The van der Waals surface area contributed by atoms with Crippen molar-refractivity contribution in [1.29, 1.82) is 0 Å². The first-order valence-corrected chi connectivity index (χ1v) is 7.94. The van der Waals surface area contributed by atoms with Crippen LogP contribution >= 0.6 is 0 Å². The number of carbonyl (C=O) groups is 1. The Morgan fingerprint density at radius 1 is 1.14 bits per heavy atom. The standard InChI is InChI=1S/C17H27N3O/c1-14(18-2)17(21)19-12-15-6-8-16(9-7-15)13-20-10-4-3-5-11-20/h6-9,14,18H,3-5,10-13H2,1-2H3,(H,19,21). The third-order valence-electron chi connectivity index (χ3n) is 4.17. The summed E-state index contributed by atoms with van der Waals surface area (Å²) < 4.78 is 0. The van der Waals surface area contributed by atoms with Crippen LogP contribution in [0.2, 0.25) is 0 Å². The van der Waals surface area contributed by atoms with Gasteiger partial charge in [-0.1, -0.05) is 30.7 Å². The Balaban J connectivity index is 1.80. The lowest BCUT2D eigenvalue weighted by Gasteiger charge is -2.26. The Hall–Kier alpha value is -1.39. The number of amides is 1. The summed E-state index contributed by atoms with van der Waals surface area (Å²) in [5.74, 6) is 0.0369. The van der Waals surface area contributed by atoms with Gasteiger partial charge < -0.3 is 10.6 Å². The monoisotopic (exact) mass is 289 g/mol. The molecule has 1 unspecified atom stereocenters. The number of hydrogen-bond acceptors (Lipinski definition) is 3. The highest BCUT2D eigenvalue weighted by Crippen LogP contribution is 2.13. The van der Waals surface area contributed by atoms with E-state index >= 15 is 0 Å². The molecule has 1 aromatic rings. The Bertz CT molecular complexity index is 438. The van der Waals surface area contributed by atoms with E-state index in [0.717, 1.165) is 12.1 Å². The fourth-order valence-electron chi connectivity index (χ4n) is 2.61. The molecule has 1 aliphatic heterocycles. The average molecular weight is 289 g/mol. The molecule has 0 aliphatic carbocycles. The van der Waals surface area contributed by atoms with Crippen LogP contribution in [-0.2, 0) is 17.9 Å². The van der Waals surface area contributed by atoms with Crippen LogP contribution in [0.3, 0.4) is 0 Å². The van der Waals surface area contributed by atoms with Crippen molar-refractivity contribution in [3.05, 3.63) is 35.4 Å². The summed E-state index contributed by atoms with van der Waals surface area (Å²) >= 11 is 0. The normalized spacial score (nSPS) is 17.4. The molecule has 0 spiro atoms. The van der Waals surface area contributed by atoms with E-state index in [2.05, 4.69) is 39.8 Å². The summed E-state index contributed by atoms with van der Waals surface area (Å²) in [5.41, 5.74) is 2.50. The molecule has 0 aromatic heterocycles. The zero-order valence-corrected chi connectivity index (χ0v) is 13.2. The zero-order chi connectivity index (χ0) is 15.1. The molecule has 1 aliphatic rings. The maximum absolute atomic E-state index is 11.7. The second-order valence-corrected chi connectivity index (χ2v) is 5.88. The Labute approximate surface area is 127 Å². The van der Waals surface area contributed by atoms with Gasteiger partial charge in [0.05, 0.1) is 6.04 Å². The van der Waals surface area contributed by atoms with Crippen LogP contribution in [0.4, 0.5) is 0 Å². The topological polar surface area (TPSA) is 44.4 Å². The first kappa shape index (κ1) is 16.0. The molecule has 1 amide bonds. The molecule has 1 fully saturated rings. The second kappa shape index (κ2) is 8.15. The Kier molecular flexibility index (Phi) is 6.21. The van der Waals surface area contributed by atoms with Crippen LogP contribution in [0.25, 0.3) is 0 Å². The fraction of sp³-hybridized carbons (Fsp3) is 0.588. The van der Waals surface area contributed by atoms with Crippen LogP contribution in [0, 0.1) is 0 Å². The van der Waals surface area contributed by atoms with Gasteiger partial charge in [0.15, 0.2) is 0 Å². The number of piperidine rings is 1. The minimum atomic E-state index is -0.150. The van der Waals surface area contributed by atoms with Crippen LogP contribution in [0.15, 0.2) is 24.3 Å². The number of nitrogens with zero attached hydrogens (tertiary/aromatic N) is 1. The van der Waals surface area contributed by atoms with Gasteiger partial charge in [-0.2, -0.15) is 0 Å². The Morgan fingerprint density at radius 3 is 2.38 bits per heavy atom. The summed E-state index contributed by atoms with van der Waals surface area (Å²) in [7, 11) is 1.79. The van der Waals surface area contributed by atoms with E-state index in [4.69, 9.17) is 0 Å². The number of benzene rings is 1. The molecular formula is C17H27N3O. The molecule has 116 valence electrons. The van der Waals surface area contributed by atoms with Crippen molar-refractivity contribution in [2.24, 2.45) is 0 Å². The van der Waals surface area contributed by atoms with Gasteiger partial charge in [-0.15, -0.1) is 0 Å². The number of nitrogens with one attached hydrogen (secondary N) is 2. The fourth-order valence-corrected chi connectivity index (χ4v) is 2.61. The van der Waals surface area contributed by atoms with E-state index in [1.54, 1.807) is 7.05 Å². The van der Waals surface area contributed by atoms with E-state index in [0.29, 0.717) is 6.54 Å². The van der Waals surface area contributed by atoms with Gasteiger partial charge in [-0.05, 0) is 51.0 Å². The van der Waals surface area contributed by atoms with Crippen molar-refractivity contribution in [2.45, 2.75) is 45.3 Å². The predicted molar refractivity (Wildman–Crippen MR) is 85.9 cm³/mol. The summed E-state index contributed by atoms with van der Waals surface area (Å²) in [5, 5.41) is 5.88. The van der Waals surface area contributed by atoms with Gasteiger partial charge >= 0.3 is 0 Å². The molecule has 2 N–H and O–H groups in total. The summed E-state index contributed by atoms with van der Waals surface area (Å²) in [4.78, 5) is 14.2. The molecule has 4 heteroatoms. The van der Waals surface area contributed by atoms with Gasteiger partial charge in [0.2, 0.25) is 5.91 Å². The van der Waals surface area contributed by atoms with Gasteiger partial charge in [0.1, 0.15) is 0 Å². The molecular weight excluding hydrogens is 262 g/mol. The average Bonchev–Trinajstić information content (AvgIpc) is 2.54. The van der Waals surface area contributed by atoms with Crippen molar-refractivity contribution in [2.75, 3.05) is 20.1 Å².